The van der Waals surface area contributed by atoms with Crippen LogP contribution in [0.25, 0.3) is 11.0 Å². The third kappa shape index (κ3) is 4.05. The van der Waals surface area contributed by atoms with Crippen LogP contribution in [0.1, 0.15) is 6.92 Å². The van der Waals surface area contributed by atoms with Crippen LogP contribution in [0, 0.1) is 5.92 Å². The van der Waals surface area contributed by atoms with Crippen molar-refractivity contribution in [1.82, 2.24) is 9.55 Å². The molecule has 0 fully saturated rings. The van der Waals surface area contributed by atoms with Gasteiger partial charge in [-0.25, -0.2) is 0 Å². The molecule has 0 saturated heterocycles. The molecule has 22 heavy (non-hydrogen) atoms. The fourth-order valence-corrected chi connectivity index (χ4v) is 2.53. The first-order chi connectivity index (χ1) is 10.3. The van der Waals surface area contributed by atoms with E-state index in [4.69, 9.17) is 8.92 Å². The van der Waals surface area contributed by atoms with Gasteiger partial charge in [-0.05, 0) is 12.0 Å². The van der Waals surface area contributed by atoms with Gasteiger partial charge in [0, 0.05) is 18.7 Å². The van der Waals surface area contributed by atoms with Crippen molar-refractivity contribution in [3.63, 3.8) is 0 Å². The van der Waals surface area contributed by atoms with Crippen molar-refractivity contribution in [1.29, 1.82) is 0 Å². The zero-order valence-electron chi connectivity index (χ0n) is 12.6. The van der Waals surface area contributed by atoms with Crippen molar-refractivity contribution in [2.45, 2.75) is 13.5 Å². The van der Waals surface area contributed by atoms with E-state index in [1.165, 1.54) is 13.2 Å². The Morgan fingerprint density at radius 3 is 2.73 bits per heavy atom. The van der Waals surface area contributed by atoms with Gasteiger partial charge in [0.15, 0.2) is 0 Å². The lowest BCUT2D eigenvalue weighted by atomic mass is 10.2. The summed E-state index contributed by atoms with van der Waals surface area (Å²) in [5, 5.41) is 0. The van der Waals surface area contributed by atoms with Gasteiger partial charge in [-0.2, -0.15) is 8.42 Å². The number of pyridine rings is 2. The first kappa shape index (κ1) is 16.4. The van der Waals surface area contributed by atoms with Crippen molar-refractivity contribution in [2.24, 2.45) is 5.92 Å². The summed E-state index contributed by atoms with van der Waals surface area (Å²) in [6.07, 6.45) is 2.58. The Hall–Kier alpha value is -1.93. The van der Waals surface area contributed by atoms with E-state index in [-0.39, 0.29) is 18.1 Å². The van der Waals surface area contributed by atoms with E-state index >= 15 is 0 Å². The van der Waals surface area contributed by atoms with Gasteiger partial charge in [0.1, 0.15) is 5.75 Å². The van der Waals surface area contributed by atoms with Gasteiger partial charge in [0.25, 0.3) is 15.7 Å². The maximum atomic E-state index is 12.1. The van der Waals surface area contributed by atoms with Gasteiger partial charge < -0.3 is 9.30 Å². The van der Waals surface area contributed by atoms with E-state index in [1.54, 1.807) is 22.9 Å². The minimum Gasteiger partial charge on any atom is -0.495 e. The zero-order valence-corrected chi connectivity index (χ0v) is 13.5. The molecule has 2 heterocycles. The first-order valence-electron chi connectivity index (χ1n) is 6.68. The van der Waals surface area contributed by atoms with Gasteiger partial charge in [-0.1, -0.05) is 6.92 Å². The van der Waals surface area contributed by atoms with Crippen LogP contribution in [-0.4, -0.2) is 37.9 Å². The SMILES string of the molecule is COc1cnc2ccc(=O)n(CC(C)COS(C)(=O)=O)c2c1. The average Bonchev–Trinajstić information content (AvgIpc) is 2.47. The molecule has 0 amide bonds. The number of rotatable bonds is 6. The van der Waals surface area contributed by atoms with Gasteiger partial charge in [0.2, 0.25) is 0 Å². The molecule has 1 unspecified atom stereocenters. The minimum absolute atomic E-state index is 0.0130. The highest BCUT2D eigenvalue weighted by molar-refractivity contribution is 7.85. The molecule has 0 bridgehead atoms. The normalized spacial score (nSPS) is 13.2. The van der Waals surface area contributed by atoms with E-state index < -0.39 is 10.1 Å². The van der Waals surface area contributed by atoms with Gasteiger partial charge in [-0.15, -0.1) is 0 Å². The molecule has 0 aliphatic rings. The van der Waals surface area contributed by atoms with Gasteiger partial charge in [-0.3, -0.25) is 14.0 Å². The first-order valence-corrected chi connectivity index (χ1v) is 8.50. The third-order valence-electron chi connectivity index (χ3n) is 3.11. The summed E-state index contributed by atoms with van der Waals surface area (Å²) in [6.45, 7) is 2.14. The van der Waals surface area contributed by atoms with Gasteiger partial charge >= 0.3 is 0 Å². The van der Waals surface area contributed by atoms with Gasteiger partial charge in [0.05, 0.1) is 37.2 Å². The van der Waals surface area contributed by atoms with Crippen LogP contribution in [0.4, 0.5) is 0 Å². The molecule has 0 saturated carbocycles. The van der Waals surface area contributed by atoms with Crippen LogP contribution >= 0.6 is 0 Å². The Labute approximate surface area is 128 Å². The molecule has 120 valence electrons. The second-order valence-corrected chi connectivity index (χ2v) is 6.80. The summed E-state index contributed by atoms with van der Waals surface area (Å²) in [6, 6.07) is 4.81. The van der Waals surface area contributed by atoms with E-state index in [0.29, 0.717) is 23.3 Å². The molecule has 2 aromatic heterocycles. The summed E-state index contributed by atoms with van der Waals surface area (Å²) in [5.41, 5.74) is 1.11. The molecule has 0 radical (unpaired) electrons. The molecule has 0 aliphatic carbocycles. The van der Waals surface area contributed by atoms with Crippen molar-refractivity contribution in [3.05, 3.63) is 34.7 Å². The molecule has 0 spiro atoms. The number of methoxy groups -OCH3 is 1. The van der Waals surface area contributed by atoms with Crippen LogP contribution in [0.3, 0.4) is 0 Å². The van der Waals surface area contributed by atoms with Crippen LogP contribution in [0.5, 0.6) is 5.75 Å². The highest BCUT2D eigenvalue weighted by atomic mass is 32.2. The molecule has 2 rings (SSSR count). The molecule has 1 atom stereocenters. The second-order valence-electron chi connectivity index (χ2n) is 5.16. The fourth-order valence-electron chi connectivity index (χ4n) is 2.05. The highest BCUT2D eigenvalue weighted by Crippen LogP contribution is 2.17. The smallest absolute Gasteiger partial charge is 0.264 e. The number of nitrogens with zero attached hydrogens (tertiary/aromatic N) is 2. The molecule has 7 nitrogen and oxygen atoms in total. The predicted molar refractivity (Wildman–Crippen MR) is 82.5 cm³/mol. The maximum absolute atomic E-state index is 12.1. The molecule has 8 heteroatoms. The van der Waals surface area contributed by atoms with E-state index in [9.17, 15) is 13.2 Å². The zero-order chi connectivity index (χ0) is 16.3. The minimum atomic E-state index is -3.49. The summed E-state index contributed by atoms with van der Waals surface area (Å²) in [5.74, 6) is 0.385. The largest absolute Gasteiger partial charge is 0.495 e. The maximum Gasteiger partial charge on any atom is 0.264 e. The Morgan fingerprint density at radius 2 is 2.09 bits per heavy atom. The van der Waals surface area contributed by atoms with Crippen LogP contribution in [0.15, 0.2) is 29.2 Å². The van der Waals surface area contributed by atoms with E-state index in [2.05, 4.69) is 4.98 Å². The Bertz CT molecular complexity index is 829. The molecule has 2 aromatic rings. The van der Waals surface area contributed by atoms with Crippen LogP contribution in [-0.2, 0) is 20.8 Å². The second kappa shape index (κ2) is 6.45. The number of hydrogen-bond acceptors (Lipinski definition) is 6. The highest BCUT2D eigenvalue weighted by Gasteiger charge is 2.12. The molecular formula is C14H18N2O5S. The predicted octanol–water partition coefficient (Wildman–Crippen LogP) is 1.02. The Morgan fingerprint density at radius 1 is 1.36 bits per heavy atom. The summed E-state index contributed by atoms with van der Waals surface area (Å²) in [7, 11) is -1.97. The number of fused-ring (bicyclic) bond motifs is 1. The quantitative estimate of drug-likeness (QED) is 0.737. The lowest BCUT2D eigenvalue weighted by molar-refractivity contribution is 0.251. The molecule has 0 N–H and O–H groups in total. The third-order valence-corrected chi connectivity index (χ3v) is 3.67. The molecule has 0 aromatic carbocycles. The lowest BCUT2D eigenvalue weighted by Gasteiger charge is -2.15. The average molecular weight is 326 g/mol. The number of aromatic nitrogens is 2. The van der Waals surface area contributed by atoms with E-state index in [1.807, 2.05) is 6.92 Å². The van der Waals surface area contributed by atoms with Crippen molar-refractivity contribution in [3.8, 4) is 5.75 Å². The fraction of sp³-hybridized carbons (Fsp3) is 0.429. The summed E-state index contributed by atoms with van der Waals surface area (Å²) >= 11 is 0. The number of ether oxygens (including phenoxy) is 1. The van der Waals surface area contributed by atoms with Crippen molar-refractivity contribution >= 4 is 21.2 Å². The number of hydrogen-bond donors (Lipinski definition) is 0. The molecular weight excluding hydrogens is 308 g/mol. The standard InChI is InChI=1S/C14H18N2O5S/c1-10(9-21-22(3,18)19)8-16-13-6-11(20-2)7-15-12(13)4-5-14(16)17/h4-7,10H,8-9H2,1-3H3. The van der Waals surface area contributed by atoms with Crippen molar-refractivity contribution < 1.29 is 17.3 Å². The van der Waals surface area contributed by atoms with Crippen LogP contribution in [0.2, 0.25) is 0 Å². The Kier molecular flexibility index (Phi) is 4.82. The van der Waals surface area contributed by atoms with Crippen LogP contribution < -0.4 is 10.3 Å². The van der Waals surface area contributed by atoms with E-state index in [0.717, 1.165) is 6.26 Å². The molecule has 0 aliphatic heterocycles. The topological polar surface area (TPSA) is 87.5 Å². The summed E-state index contributed by atoms with van der Waals surface area (Å²) in [4.78, 5) is 16.3. The lowest BCUT2D eigenvalue weighted by Crippen LogP contribution is -2.25. The summed E-state index contributed by atoms with van der Waals surface area (Å²) < 4.78 is 33.5. The Balaban J connectivity index is 2.33. The van der Waals surface area contributed by atoms with Crippen molar-refractivity contribution in [2.75, 3.05) is 20.0 Å². The monoisotopic (exact) mass is 326 g/mol.